The molecule has 7 nitrogen and oxygen atoms in total. The molecule has 1 unspecified atom stereocenters. The van der Waals surface area contributed by atoms with Crippen LogP contribution in [0.25, 0.3) is 11.3 Å². The first-order valence-corrected chi connectivity index (χ1v) is 6.29. The number of nitrogen functional groups attached to an aromatic ring is 1. The van der Waals surface area contributed by atoms with E-state index in [2.05, 4.69) is 10.3 Å². The van der Waals surface area contributed by atoms with Crippen LogP contribution in [0.5, 0.6) is 5.75 Å². The van der Waals surface area contributed by atoms with Gasteiger partial charge in [0.15, 0.2) is 6.10 Å². The molecule has 1 atom stereocenters. The van der Waals surface area contributed by atoms with Gasteiger partial charge in [0.1, 0.15) is 17.1 Å². The van der Waals surface area contributed by atoms with Gasteiger partial charge in [-0.25, -0.2) is 4.79 Å². The number of anilines is 2. The summed E-state index contributed by atoms with van der Waals surface area (Å²) in [6, 6.07) is 6.64. The number of hydrogen-bond acceptors (Lipinski definition) is 4. The van der Waals surface area contributed by atoms with E-state index in [4.69, 9.17) is 15.6 Å². The summed E-state index contributed by atoms with van der Waals surface area (Å²) in [6.07, 6.45) is -0.539. The minimum absolute atomic E-state index is 0.0108. The third-order valence-corrected chi connectivity index (χ3v) is 3.30. The number of H-pyrrole nitrogens is 1. The van der Waals surface area contributed by atoms with Crippen LogP contribution < -0.4 is 15.8 Å². The Balaban J connectivity index is 2.01. The number of carboxylic acid groups (broad SMARTS) is 1. The van der Waals surface area contributed by atoms with E-state index in [9.17, 15) is 9.59 Å². The second-order valence-electron chi connectivity index (χ2n) is 4.78. The molecule has 1 aromatic heterocycles. The highest BCUT2D eigenvalue weighted by molar-refractivity contribution is 5.99. The average molecular weight is 287 g/mol. The minimum atomic E-state index is -1.10. The Hall–Kier alpha value is -2.96. The van der Waals surface area contributed by atoms with Crippen molar-refractivity contribution in [3.63, 3.8) is 0 Å². The lowest BCUT2D eigenvalue weighted by atomic mass is 10.1. The zero-order valence-electron chi connectivity index (χ0n) is 11.1. The molecular weight excluding hydrogens is 274 g/mol. The molecule has 1 aliphatic rings. The van der Waals surface area contributed by atoms with Gasteiger partial charge in [0, 0.05) is 11.3 Å². The second kappa shape index (κ2) is 4.55. The topological polar surface area (TPSA) is 117 Å². The van der Waals surface area contributed by atoms with Gasteiger partial charge in [-0.2, -0.15) is 0 Å². The van der Waals surface area contributed by atoms with Crippen LogP contribution in [0.2, 0.25) is 0 Å². The van der Waals surface area contributed by atoms with Gasteiger partial charge in [-0.05, 0) is 31.2 Å². The van der Waals surface area contributed by atoms with Crippen LogP contribution in [0.15, 0.2) is 24.3 Å². The maximum atomic E-state index is 11.6. The third kappa shape index (κ3) is 2.18. The van der Waals surface area contributed by atoms with E-state index < -0.39 is 12.1 Å². The first-order chi connectivity index (χ1) is 9.95. The Morgan fingerprint density at radius 2 is 2.14 bits per heavy atom. The number of fused-ring (bicyclic) bond motifs is 1. The smallest absolute Gasteiger partial charge is 0.339 e. The lowest BCUT2D eigenvalue weighted by molar-refractivity contribution is -0.122. The fourth-order valence-electron chi connectivity index (χ4n) is 2.18. The highest BCUT2D eigenvalue weighted by atomic mass is 16.5. The highest BCUT2D eigenvalue weighted by Gasteiger charge is 2.24. The Morgan fingerprint density at radius 3 is 2.81 bits per heavy atom. The fraction of sp³-hybridized carbons (Fsp3) is 0.143. The van der Waals surface area contributed by atoms with Crippen LogP contribution in [-0.4, -0.2) is 28.1 Å². The summed E-state index contributed by atoms with van der Waals surface area (Å²) >= 11 is 0. The van der Waals surface area contributed by atoms with Crippen LogP contribution in [0, 0.1) is 0 Å². The van der Waals surface area contributed by atoms with Gasteiger partial charge in [-0.15, -0.1) is 0 Å². The number of carboxylic acids is 1. The fourth-order valence-corrected chi connectivity index (χ4v) is 2.18. The Labute approximate surface area is 119 Å². The van der Waals surface area contributed by atoms with E-state index in [0.29, 0.717) is 22.7 Å². The Kier molecular flexibility index (Phi) is 2.83. The molecule has 0 fully saturated rings. The number of amides is 1. The van der Waals surface area contributed by atoms with Crippen molar-refractivity contribution >= 4 is 23.4 Å². The SMILES string of the molecule is CC1Oc2ccc(-c3cc(C(=O)O)c(N)[nH]3)cc2NC1=O. The summed E-state index contributed by atoms with van der Waals surface area (Å²) in [6.45, 7) is 1.66. The van der Waals surface area contributed by atoms with E-state index in [1.54, 1.807) is 25.1 Å². The van der Waals surface area contributed by atoms with Gasteiger partial charge in [-0.1, -0.05) is 0 Å². The van der Waals surface area contributed by atoms with Crippen LogP contribution in [0.4, 0.5) is 11.5 Å². The number of nitrogens with two attached hydrogens (primary N) is 1. The van der Waals surface area contributed by atoms with Crippen LogP contribution in [-0.2, 0) is 4.79 Å². The zero-order chi connectivity index (χ0) is 15.1. The molecule has 1 aliphatic heterocycles. The van der Waals surface area contributed by atoms with Gasteiger partial charge in [0.2, 0.25) is 0 Å². The van der Waals surface area contributed by atoms with Gasteiger partial charge in [0.25, 0.3) is 5.91 Å². The molecule has 0 saturated heterocycles. The van der Waals surface area contributed by atoms with Crippen LogP contribution in [0.3, 0.4) is 0 Å². The predicted molar refractivity (Wildman–Crippen MR) is 76.3 cm³/mol. The Bertz CT molecular complexity index is 751. The van der Waals surface area contributed by atoms with Crippen molar-refractivity contribution in [1.82, 2.24) is 4.98 Å². The molecule has 108 valence electrons. The molecule has 1 amide bonds. The number of ether oxygens (including phenoxy) is 1. The number of nitrogens with one attached hydrogen (secondary N) is 2. The summed E-state index contributed by atoms with van der Waals surface area (Å²) in [5.74, 6) is -0.664. The maximum Gasteiger partial charge on any atom is 0.339 e. The summed E-state index contributed by atoms with van der Waals surface area (Å²) in [5.41, 5.74) is 7.44. The third-order valence-electron chi connectivity index (χ3n) is 3.30. The number of aromatic nitrogens is 1. The maximum absolute atomic E-state index is 11.6. The Morgan fingerprint density at radius 1 is 1.38 bits per heavy atom. The molecule has 0 radical (unpaired) electrons. The molecule has 21 heavy (non-hydrogen) atoms. The first kappa shape index (κ1) is 13.0. The lowest BCUT2D eigenvalue weighted by Crippen LogP contribution is -2.34. The van der Waals surface area contributed by atoms with Gasteiger partial charge >= 0.3 is 5.97 Å². The van der Waals surface area contributed by atoms with E-state index in [-0.39, 0.29) is 17.3 Å². The van der Waals surface area contributed by atoms with Gasteiger partial charge < -0.3 is 25.9 Å². The number of aromatic amines is 1. The zero-order valence-corrected chi connectivity index (χ0v) is 11.1. The molecule has 5 N–H and O–H groups in total. The van der Waals surface area contributed by atoms with Crippen molar-refractivity contribution in [3.8, 4) is 17.0 Å². The number of carbonyl (C=O) groups excluding carboxylic acids is 1. The van der Waals surface area contributed by atoms with Crippen molar-refractivity contribution in [3.05, 3.63) is 29.8 Å². The van der Waals surface area contributed by atoms with Gasteiger partial charge in [-0.3, -0.25) is 4.79 Å². The minimum Gasteiger partial charge on any atom is -0.479 e. The van der Waals surface area contributed by atoms with Crippen LogP contribution in [0.1, 0.15) is 17.3 Å². The lowest BCUT2D eigenvalue weighted by Gasteiger charge is -2.23. The van der Waals surface area contributed by atoms with Crippen molar-refractivity contribution < 1.29 is 19.4 Å². The second-order valence-corrected chi connectivity index (χ2v) is 4.78. The highest BCUT2D eigenvalue weighted by Crippen LogP contribution is 2.34. The molecule has 1 aromatic carbocycles. The van der Waals surface area contributed by atoms with E-state index in [1.807, 2.05) is 0 Å². The molecule has 0 bridgehead atoms. The summed E-state index contributed by atoms with van der Waals surface area (Å²) in [4.78, 5) is 25.4. The van der Waals surface area contributed by atoms with Crippen molar-refractivity contribution in [2.75, 3.05) is 11.1 Å². The molecule has 0 aliphatic carbocycles. The standard InChI is InChI=1S/C14H13N3O4/c1-6-13(18)17-10-4-7(2-3-11(10)21-6)9-5-8(14(19)20)12(15)16-9/h2-6,16H,15H2,1H3,(H,17,18)(H,19,20). The first-order valence-electron chi connectivity index (χ1n) is 6.29. The molecule has 2 heterocycles. The predicted octanol–water partition coefficient (Wildman–Crippen LogP) is 1.68. The molecular formula is C14H13N3O4. The summed E-state index contributed by atoms with van der Waals surface area (Å²) in [7, 11) is 0. The quantitative estimate of drug-likeness (QED) is 0.670. The van der Waals surface area contributed by atoms with Crippen molar-refractivity contribution in [1.29, 1.82) is 0 Å². The number of rotatable bonds is 2. The van der Waals surface area contributed by atoms with E-state index in [0.717, 1.165) is 0 Å². The molecule has 3 rings (SSSR count). The molecule has 0 spiro atoms. The summed E-state index contributed by atoms with van der Waals surface area (Å²) in [5, 5.41) is 11.7. The molecule has 0 saturated carbocycles. The molecule has 7 heteroatoms. The van der Waals surface area contributed by atoms with Crippen molar-refractivity contribution in [2.45, 2.75) is 13.0 Å². The number of carbonyl (C=O) groups is 2. The monoisotopic (exact) mass is 287 g/mol. The normalized spacial score (nSPS) is 16.8. The number of hydrogen-bond donors (Lipinski definition) is 4. The largest absolute Gasteiger partial charge is 0.479 e. The number of benzene rings is 1. The van der Waals surface area contributed by atoms with E-state index >= 15 is 0 Å². The van der Waals surface area contributed by atoms with E-state index in [1.165, 1.54) is 6.07 Å². The van der Waals surface area contributed by atoms with Gasteiger partial charge in [0.05, 0.1) is 5.69 Å². The molecule has 2 aromatic rings. The number of aromatic carboxylic acids is 1. The van der Waals surface area contributed by atoms with Crippen LogP contribution >= 0.6 is 0 Å². The van der Waals surface area contributed by atoms with Crippen molar-refractivity contribution in [2.24, 2.45) is 0 Å². The average Bonchev–Trinajstić information content (AvgIpc) is 2.82. The summed E-state index contributed by atoms with van der Waals surface area (Å²) < 4.78 is 5.46.